The summed E-state index contributed by atoms with van der Waals surface area (Å²) in [6, 6.07) is 0. The van der Waals surface area contributed by atoms with Crippen molar-refractivity contribution < 1.29 is 49.0 Å². The van der Waals surface area contributed by atoms with Crippen molar-refractivity contribution in [2.24, 2.45) is 0 Å². The van der Waals surface area contributed by atoms with E-state index < -0.39 is 49.4 Å². The highest BCUT2D eigenvalue weighted by Crippen LogP contribution is 2.23. The van der Waals surface area contributed by atoms with Crippen LogP contribution in [0, 0.1) is 0 Å². The minimum absolute atomic E-state index is 0.208. The van der Waals surface area contributed by atoms with E-state index in [9.17, 15) is 30.0 Å². The van der Waals surface area contributed by atoms with Crippen molar-refractivity contribution in [3.05, 3.63) is 0 Å². The van der Waals surface area contributed by atoms with Crippen LogP contribution in [0.15, 0.2) is 0 Å². The van der Waals surface area contributed by atoms with Crippen LogP contribution in [0.1, 0.15) is 316 Å². The summed E-state index contributed by atoms with van der Waals surface area (Å²) in [4.78, 5) is 25.6. The molecule has 0 aliphatic carbocycles. The number of esters is 2. The molecule has 0 aromatic carbocycles. The molecule has 1 heterocycles. The van der Waals surface area contributed by atoms with E-state index in [2.05, 4.69) is 13.8 Å². The van der Waals surface area contributed by atoms with Crippen LogP contribution in [0.5, 0.6) is 0 Å². The number of hydrogen-bond donors (Lipinski definition) is 4. The average molecular weight is 998 g/mol. The van der Waals surface area contributed by atoms with Crippen LogP contribution >= 0.6 is 0 Å². The SMILES string of the molecule is CCCCCCCCCCCCCCCCCCCCCCCCCCC(=O)OC(COC(=O)CCCCCCCCCCCCCCCCCCCCCCC)COC1OC(CO)C(O)C(O)C1O. The van der Waals surface area contributed by atoms with E-state index in [-0.39, 0.29) is 32.0 Å². The molecule has 0 spiro atoms. The number of unbranched alkanes of at least 4 members (excludes halogenated alkanes) is 43. The lowest BCUT2D eigenvalue weighted by Gasteiger charge is -2.39. The van der Waals surface area contributed by atoms with Crippen LogP contribution in [0.3, 0.4) is 0 Å². The lowest BCUT2D eigenvalue weighted by Crippen LogP contribution is -2.59. The quantitative estimate of drug-likeness (QED) is 0.0342. The Balaban J connectivity index is 2.15. The van der Waals surface area contributed by atoms with E-state index in [1.54, 1.807) is 0 Å². The molecule has 0 amide bonds. The van der Waals surface area contributed by atoms with Gasteiger partial charge in [-0.3, -0.25) is 9.59 Å². The van der Waals surface area contributed by atoms with Gasteiger partial charge in [0.25, 0.3) is 0 Å². The minimum atomic E-state index is -1.59. The molecule has 0 aromatic rings. The molecule has 6 atom stereocenters. The zero-order valence-corrected chi connectivity index (χ0v) is 46.1. The molecule has 1 rings (SSSR count). The third-order valence-electron chi connectivity index (χ3n) is 14.7. The highest BCUT2D eigenvalue weighted by molar-refractivity contribution is 5.70. The predicted octanol–water partition coefficient (Wildman–Crippen LogP) is 15.6. The second-order valence-electron chi connectivity index (χ2n) is 21.5. The topological polar surface area (TPSA) is 152 Å². The zero-order valence-electron chi connectivity index (χ0n) is 46.1. The Bertz CT molecular complexity index is 1110. The van der Waals surface area contributed by atoms with Crippen molar-refractivity contribution in [2.75, 3.05) is 19.8 Å². The smallest absolute Gasteiger partial charge is 0.306 e. The fraction of sp³-hybridized carbons (Fsp3) is 0.967. The Labute approximate surface area is 431 Å². The van der Waals surface area contributed by atoms with Crippen LogP contribution in [0.4, 0.5) is 0 Å². The number of carbonyl (C=O) groups excluding carboxylic acids is 2. The third kappa shape index (κ3) is 41.1. The first kappa shape index (κ1) is 66.7. The van der Waals surface area contributed by atoms with Gasteiger partial charge in [-0.15, -0.1) is 0 Å². The maximum absolute atomic E-state index is 12.9. The molecule has 10 heteroatoms. The molecule has 1 fully saturated rings. The molecule has 416 valence electrons. The number of aliphatic hydroxyl groups is 4. The zero-order chi connectivity index (χ0) is 50.8. The molecule has 1 saturated heterocycles. The van der Waals surface area contributed by atoms with Gasteiger partial charge in [0.05, 0.1) is 13.2 Å². The largest absolute Gasteiger partial charge is 0.462 e. The molecule has 4 N–H and O–H groups in total. The van der Waals surface area contributed by atoms with Crippen LogP contribution in [-0.2, 0) is 28.5 Å². The van der Waals surface area contributed by atoms with Crippen LogP contribution in [0.2, 0.25) is 0 Å². The summed E-state index contributed by atoms with van der Waals surface area (Å²) in [6.45, 7) is 3.51. The Hall–Kier alpha value is -1.30. The molecular weight excluding hydrogens is 881 g/mol. The monoisotopic (exact) mass is 997 g/mol. The molecule has 0 aromatic heterocycles. The van der Waals surface area contributed by atoms with Gasteiger partial charge >= 0.3 is 11.9 Å². The standard InChI is InChI=1S/C60H116O10/c1-3-5-7-9-11-13-15-17-19-21-23-25-26-27-29-31-33-35-37-39-41-43-45-47-49-56(63)69-53(52-68-60-59(66)58(65)57(64)54(50-61)70-60)51-67-55(62)48-46-44-42-40-38-36-34-32-30-28-24-22-20-18-16-14-12-10-8-6-4-2/h53-54,57-61,64-66H,3-52H2,1-2H3. The maximum Gasteiger partial charge on any atom is 0.306 e. The fourth-order valence-electron chi connectivity index (χ4n) is 9.96. The minimum Gasteiger partial charge on any atom is -0.462 e. The highest BCUT2D eigenvalue weighted by Gasteiger charge is 2.44. The Morgan fingerprint density at radius 3 is 0.971 bits per heavy atom. The average Bonchev–Trinajstić information content (AvgIpc) is 3.36. The molecule has 1 aliphatic rings. The summed E-state index contributed by atoms with van der Waals surface area (Å²) in [6.07, 6.45) is 51.3. The first-order valence-corrected chi connectivity index (χ1v) is 30.6. The number of aliphatic hydroxyl groups excluding tert-OH is 4. The molecule has 6 unspecified atom stereocenters. The summed E-state index contributed by atoms with van der Waals surface area (Å²) in [7, 11) is 0. The molecular formula is C60H116O10. The number of ether oxygens (including phenoxy) is 4. The van der Waals surface area contributed by atoms with E-state index in [0.29, 0.717) is 6.42 Å². The van der Waals surface area contributed by atoms with Crippen molar-refractivity contribution in [3.8, 4) is 0 Å². The summed E-state index contributed by atoms with van der Waals surface area (Å²) < 4.78 is 22.4. The van der Waals surface area contributed by atoms with Gasteiger partial charge in [0, 0.05) is 12.8 Å². The predicted molar refractivity (Wildman–Crippen MR) is 289 cm³/mol. The number of hydrogen-bond acceptors (Lipinski definition) is 10. The van der Waals surface area contributed by atoms with E-state index >= 15 is 0 Å². The molecule has 10 nitrogen and oxygen atoms in total. The van der Waals surface area contributed by atoms with Crippen molar-refractivity contribution in [3.63, 3.8) is 0 Å². The van der Waals surface area contributed by atoms with Crippen molar-refractivity contribution in [1.82, 2.24) is 0 Å². The number of carbonyl (C=O) groups is 2. The second kappa shape index (κ2) is 51.2. The first-order chi connectivity index (χ1) is 34.3. The van der Waals surface area contributed by atoms with Crippen molar-refractivity contribution in [1.29, 1.82) is 0 Å². The summed E-state index contributed by atoms with van der Waals surface area (Å²) >= 11 is 0. The molecule has 0 saturated carbocycles. The van der Waals surface area contributed by atoms with Crippen molar-refractivity contribution >= 4 is 11.9 Å². The number of rotatable bonds is 54. The lowest BCUT2D eigenvalue weighted by atomic mass is 9.99. The fourth-order valence-corrected chi connectivity index (χ4v) is 9.96. The van der Waals surface area contributed by atoms with Crippen molar-refractivity contribution in [2.45, 2.75) is 352 Å². The van der Waals surface area contributed by atoms with Crippen LogP contribution in [0.25, 0.3) is 0 Å². The van der Waals surface area contributed by atoms with Gasteiger partial charge in [0.1, 0.15) is 31.0 Å². The van der Waals surface area contributed by atoms with Gasteiger partial charge < -0.3 is 39.4 Å². The molecule has 70 heavy (non-hydrogen) atoms. The van der Waals surface area contributed by atoms with Gasteiger partial charge in [-0.25, -0.2) is 0 Å². The van der Waals surface area contributed by atoms with Gasteiger partial charge in [-0.1, -0.05) is 290 Å². The maximum atomic E-state index is 12.9. The third-order valence-corrected chi connectivity index (χ3v) is 14.7. The Morgan fingerprint density at radius 2 is 0.671 bits per heavy atom. The Kier molecular flexibility index (Phi) is 48.8. The summed E-state index contributed by atoms with van der Waals surface area (Å²) in [5.74, 6) is -0.779. The van der Waals surface area contributed by atoms with Gasteiger partial charge in [-0.05, 0) is 12.8 Å². The second-order valence-corrected chi connectivity index (χ2v) is 21.5. The van der Waals surface area contributed by atoms with E-state index in [1.807, 2.05) is 0 Å². The van der Waals surface area contributed by atoms with Crippen LogP contribution in [-0.4, -0.2) is 89.0 Å². The molecule has 0 radical (unpaired) electrons. The van der Waals surface area contributed by atoms with Gasteiger partial charge in [-0.2, -0.15) is 0 Å². The van der Waals surface area contributed by atoms with E-state index in [1.165, 1.54) is 250 Å². The molecule has 1 aliphatic heterocycles. The van der Waals surface area contributed by atoms with Gasteiger partial charge in [0.2, 0.25) is 0 Å². The molecule has 0 bridgehead atoms. The van der Waals surface area contributed by atoms with E-state index in [0.717, 1.165) is 32.1 Å². The Morgan fingerprint density at radius 1 is 0.386 bits per heavy atom. The normalized spacial score (nSPS) is 18.6. The summed E-state index contributed by atoms with van der Waals surface area (Å²) in [5.41, 5.74) is 0. The van der Waals surface area contributed by atoms with Crippen LogP contribution < -0.4 is 0 Å². The summed E-state index contributed by atoms with van der Waals surface area (Å²) in [5, 5.41) is 40.4. The first-order valence-electron chi connectivity index (χ1n) is 30.6. The van der Waals surface area contributed by atoms with Gasteiger partial charge in [0.15, 0.2) is 12.4 Å². The van der Waals surface area contributed by atoms with E-state index in [4.69, 9.17) is 18.9 Å². The lowest BCUT2D eigenvalue weighted by molar-refractivity contribution is -0.305. The highest BCUT2D eigenvalue weighted by atomic mass is 16.7.